The number of hydrogen-bond donors (Lipinski definition) is 3. The van der Waals surface area contributed by atoms with Crippen LogP contribution in [0.3, 0.4) is 0 Å². The Balaban J connectivity index is 1.53. The van der Waals surface area contributed by atoms with Crippen LogP contribution >= 0.6 is 0 Å². The van der Waals surface area contributed by atoms with E-state index in [4.69, 9.17) is 14.2 Å². The second-order valence-corrected chi connectivity index (χ2v) is 7.99. The van der Waals surface area contributed by atoms with Crippen LogP contribution in [-0.2, 0) is 19.6 Å². The summed E-state index contributed by atoms with van der Waals surface area (Å²) in [7, 11) is -2.24. The van der Waals surface area contributed by atoms with Crippen LogP contribution in [0, 0.1) is 0 Å². The maximum atomic E-state index is 12.2. The van der Waals surface area contributed by atoms with Crippen LogP contribution in [0.1, 0.15) is 10.4 Å². The number of sulfonamides is 1. The van der Waals surface area contributed by atoms with Crippen molar-refractivity contribution in [3.05, 3.63) is 54.1 Å². The molecule has 0 radical (unpaired) electrons. The topological polar surface area (TPSA) is 132 Å². The number of nitrogens with one attached hydrogen (secondary N) is 3. The number of carbonyl (C=O) groups is 2. The molecule has 3 rings (SSSR count). The van der Waals surface area contributed by atoms with E-state index in [9.17, 15) is 18.0 Å². The fourth-order valence-electron chi connectivity index (χ4n) is 2.57. The Morgan fingerprint density at radius 2 is 1.77 bits per heavy atom. The Morgan fingerprint density at radius 3 is 2.47 bits per heavy atom. The average molecular weight is 435 g/mol. The molecule has 0 aromatic heterocycles. The van der Waals surface area contributed by atoms with Gasteiger partial charge in [0, 0.05) is 19.2 Å². The van der Waals surface area contributed by atoms with Gasteiger partial charge in [0.2, 0.25) is 16.1 Å². The van der Waals surface area contributed by atoms with Gasteiger partial charge in [0.05, 0.1) is 11.5 Å². The molecule has 1 aliphatic heterocycles. The van der Waals surface area contributed by atoms with Crippen LogP contribution < -0.4 is 25.0 Å². The van der Waals surface area contributed by atoms with Crippen molar-refractivity contribution in [3.63, 3.8) is 0 Å². The zero-order valence-corrected chi connectivity index (χ0v) is 16.9. The smallest absolute Gasteiger partial charge is 0.283 e. The van der Waals surface area contributed by atoms with Crippen molar-refractivity contribution >= 4 is 21.8 Å². The Kier molecular flexibility index (Phi) is 6.87. The van der Waals surface area contributed by atoms with Crippen molar-refractivity contribution in [2.75, 3.05) is 26.9 Å². The first kappa shape index (κ1) is 21.6. The van der Waals surface area contributed by atoms with Gasteiger partial charge >= 0.3 is 0 Å². The molecule has 1 heterocycles. The summed E-state index contributed by atoms with van der Waals surface area (Å²) in [6, 6.07) is 12.2. The van der Waals surface area contributed by atoms with Crippen molar-refractivity contribution in [1.29, 1.82) is 0 Å². The van der Waals surface area contributed by atoms with E-state index in [0.29, 0.717) is 11.5 Å². The number of fused-ring (bicyclic) bond motifs is 1. The minimum absolute atomic E-state index is 0.00133. The number of rotatable bonds is 7. The number of para-hydroxylation sites is 2. The molecule has 2 aromatic rings. The summed E-state index contributed by atoms with van der Waals surface area (Å²) < 4.78 is 42.4. The van der Waals surface area contributed by atoms with Gasteiger partial charge in [-0.05, 0) is 36.4 Å². The number of methoxy groups -OCH3 is 1. The third-order valence-electron chi connectivity index (χ3n) is 4.13. The first-order chi connectivity index (χ1) is 14.4. The van der Waals surface area contributed by atoms with Crippen LogP contribution in [0.25, 0.3) is 0 Å². The van der Waals surface area contributed by atoms with E-state index >= 15 is 0 Å². The predicted octanol–water partition coefficient (Wildman–Crippen LogP) is 0.212. The lowest BCUT2D eigenvalue weighted by molar-refractivity contribution is -0.131. The Labute approximate surface area is 173 Å². The van der Waals surface area contributed by atoms with Crippen LogP contribution in [-0.4, -0.2) is 53.2 Å². The first-order valence-corrected chi connectivity index (χ1v) is 10.5. The lowest BCUT2D eigenvalue weighted by Crippen LogP contribution is -2.50. The molecule has 11 heteroatoms. The molecule has 1 atom stereocenters. The molecule has 0 fully saturated rings. The molecular weight excluding hydrogens is 414 g/mol. The zero-order valence-electron chi connectivity index (χ0n) is 16.1. The van der Waals surface area contributed by atoms with Crippen molar-refractivity contribution in [1.82, 2.24) is 15.6 Å². The van der Waals surface area contributed by atoms with Gasteiger partial charge < -0.3 is 14.2 Å². The third kappa shape index (κ3) is 5.26. The quantitative estimate of drug-likeness (QED) is 0.418. The molecule has 0 bridgehead atoms. The maximum absolute atomic E-state index is 12.2. The van der Waals surface area contributed by atoms with Crippen LogP contribution in [0.5, 0.6) is 11.5 Å². The fourth-order valence-corrected chi connectivity index (χ4v) is 3.58. The van der Waals surface area contributed by atoms with Gasteiger partial charge in [-0.25, -0.2) is 13.1 Å². The SMILES string of the molecule is COCCNS(=O)(=O)c1ccc(C(=O)NNC(=O)C2COc3ccccc3O2)cc1. The van der Waals surface area contributed by atoms with Crippen molar-refractivity contribution < 1.29 is 32.2 Å². The predicted molar refractivity (Wildman–Crippen MR) is 105 cm³/mol. The molecule has 0 saturated carbocycles. The van der Waals surface area contributed by atoms with Crippen molar-refractivity contribution in [3.8, 4) is 11.5 Å². The molecular formula is C19H21N3O7S. The lowest BCUT2D eigenvalue weighted by Gasteiger charge is -2.25. The largest absolute Gasteiger partial charge is 0.485 e. The number of amides is 2. The van der Waals surface area contributed by atoms with Crippen molar-refractivity contribution in [2.45, 2.75) is 11.0 Å². The van der Waals surface area contributed by atoms with Gasteiger partial charge in [-0.3, -0.25) is 20.4 Å². The molecule has 160 valence electrons. The number of ether oxygens (including phenoxy) is 3. The summed E-state index contributed by atoms with van der Waals surface area (Å²) in [4.78, 5) is 24.5. The highest BCUT2D eigenvalue weighted by Crippen LogP contribution is 2.30. The summed E-state index contributed by atoms with van der Waals surface area (Å²) in [5.74, 6) is -0.223. The maximum Gasteiger partial charge on any atom is 0.283 e. The van der Waals surface area contributed by atoms with Gasteiger partial charge in [-0.15, -0.1) is 0 Å². The average Bonchev–Trinajstić information content (AvgIpc) is 2.77. The minimum Gasteiger partial charge on any atom is -0.485 e. The summed E-state index contributed by atoms with van der Waals surface area (Å²) >= 11 is 0. The van der Waals surface area contributed by atoms with E-state index in [-0.39, 0.29) is 30.2 Å². The molecule has 1 unspecified atom stereocenters. The molecule has 2 amide bonds. The number of benzene rings is 2. The molecule has 1 aliphatic rings. The Morgan fingerprint density at radius 1 is 1.07 bits per heavy atom. The second kappa shape index (κ2) is 9.57. The molecule has 10 nitrogen and oxygen atoms in total. The zero-order chi connectivity index (χ0) is 21.6. The number of hydrazine groups is 1. The minimum atomic E-state index is -3.70. The van der Waals surface area contributed by atoms with E-state index in [1.807, 2.05) is 0 Å². The Hall–Kier alpha value is -3.15. The van der Waals surface area contributed by atoms with Crippen LogP contribution in [0.2, 0.25) is 0 Å². The molecule has 2 aromatic carbocycles. The van der Waals surface area contributed by atoms with E-state index < -0.39 is 27.9 Å². The van der Waals surface area contributed by atoms with E-state index in [0.717, 1.165) is 0 Å². The van der Waals surface area contributed by atoms with Crippen molar-refractivity contribution in [2.24, 2.45) is 0 Å². The fraction of sp³-hybridized carbons (Fsp3) is 0.263. The molecule has 30 heavy (non-hydrogen) atoms. The molecule has 0 aliphatic carbocycles. The summed E-state index contributed by atoms with van der Waals surface area (Å²) in [6.45, 7) is 0.368. The van der Waals surface area contributed by atoms with Gasteiger partial charge in [-0.1, -0.05) is 12.1 Å². The first-order valence-electron chi connectivity index (χ1n) is 8.98. The van der Waals surface area contributed by atoms with E-state index in [1.165, 1.54) is 31.4 Å². The molecule has 0 spiro atoms. The van der Waals surface area contributed by atoms with Gasteiger partial charge in [0.1, 0.15) is 6.61 Å². The second-order valence-electron chi connectivity index (χ2n) is 6.22. The van der Waals surface area contributed by atoms with E-state index in [1.54, 1.807) is 24.3 Å². The summed E-state index contributed by atoms with van der Waals surface area (Å²) in [5.41, 5.74) is 4.70. The highest BCUT2D eigenvalue weighted by Gasteiger charge is 2.27. The van der Waals surface area contributed by atoms with Crippen LogP contribution in [0.4, 0.5) is 0 Å². The number of hydrogen-bond acceptors (Lipinski definition) is 7. The molecule has 0 saturated heterocycles. The molecule has 3 N–H and O–H groups in total. The lowest BCUT2D eigenvalue weighted by atomic mass is 10.2. The summed E-state index contributed by atoms with van der Waals surface area (Å²) in [5, 5.41) is 0. The monoisotopic (exact) mass is 435 g/mol. The Bertz CT molecular complexity index is 1010. The van der Waals surface area contributed by atoms with Gasteiger partial charge in [0.25, 0.3) is 11.8 Å². The van der Waals surface area contributed by atoms with E-state index in [2.05, 4.69) is 15.6 Å². The third-order valence-corrected chi connectivity index (χ3v) is 5.60. The highest BCUT2D eigenvalue weighted by molar-refractivity contribution is 7.89. The highest BCUT2D eigenvalue weighted by atomic mass is 32.2. The van der Waals surface area contributed by atoms with Gasteiger partial charge in [0.15, 0.2) is 11.5 Å². The number of carbonyl (C=O) groups excluding carboxylic acids is 2. The van der Waals surface area contributed by atoms with Crippen LogP contribution in [0.15, 0.2) is 53.4 Å². The standard InChI is InChI=1S/C19H21N3O7S/c1-27-11-10-20-30(25,26)14-8-6-13(7-9-14)18(23)21-22-19(24)17-12-28-15-4-2-3-5-16(15)29-17/h2-9,17,20H,10-12H2,1H3,(H,21,23)(H,22,24). The summed E-state index contributed by atoms with van der Waals surface area (Å²) in [6.07, 6.45) is -0.925. The van der Waals surface area contributed by atoms with Gasteiger partial charge in [-0.2, -0.15) is 0 Å². The normalized spacial score (nSPS) is 15.3.